The maximum Gasteiger partial charge on any atom is 0.224 e. The molecule has 0 aliphatic carbocycles. The van der Waals surface area contributed by atoms with Crippen LogP contribution in [0, 0.1) is 0 Å². The Labute approximate surface area is 166 Å². The summed E-state index contributed by atoms with van der Waals surface area (Å²) in [5.74, 6) is 0.781. The van der Waals surface area contributed by atoms with Crippen molar-refractivity contribution in [2.75, 3.05) is 24.3 Å². The van der Waals surface area contributed by atoms with Crippen LogP contribution in [0.1, 0.15) is 32.6 Å². The van der Waals surface area contributed by atoms with Gasteiger partial charge in [0, 0.05) is 24.3 Å². The second-order valence-electron chi connectivity index (χ2n) is 6.21. The first-order valence-corrected chi connectivity index (χ1v) is 10.7. The third-order valence-electron chi connectivity index (χ3n) is 4.01. The van der Waals surface area contributed by atoms with Gasteiger partial charge >= 0.3 is 0 Å². The first kappa shape index (κ1) is 20.1. The molecule has 0 saturated carbocycles. The van der Waals surface area contributed by atoms with Crippen LogP contribution in [-0.4, -0.2) is 47.1 Å². The molecule has 2 heterocycles. The lowest BCUT2D eigenvalue weighted by atomic mass is 10.2. The van der Waals surface area contributed by atoms with Crippen molar-refractivity contribution in [2.24, 2.45) is 5.16 Å². The number of benzene rings is 1. The Bertz CT molecular complexity index is 803. The Morgan fingerprint density at radius 1 is 1.41 bits per heavy atom. The summed E-state index contributed by atoms with van der Waals surface area (Å²) < 4.78 is 13.1. The van der Waals surface area contributed by atoms with Crippen LogP contribution in [0.5, 0.6) is 0 Å². The lowest BCUT2D eigenvalue weighted by molar-refractivity contribution is -0.178. The van der Waals surface area contributed by atoms with E-state index in [9.17, 15) is 4.79 Å². The second-order valence-corrected chi connectivity index (χ2v) is 8.58. The molecule has 7 nitrogen and oxygen atoms in total. The highest BCUT2D eigenvalue weighted by Gasteiger charge is 2.14. The standard InChI is InChI=1S/C18H23N3O4S2/c1-12(21-23)3-6-16(22)19-13-4-5-14-15(11-13)27-18(20-14)26-10-7-17-24-8-2-9-25-17/h4-5,11,17,23H,2-3,6-10H2,1H3,(H,19,22). The molecule has 1 fully saturated rings. The number of hydrogen-bond acceptors (Lipinski definition) is 8. The number of carbonyl (C=O) groups excluding carboxylic acids is 1. The number of fused-ring (bicyclic) bond motifs is 1. The molecule has 9 heteroatoms. The van der Waals surface area contributed by atoms with Crippen LogP contribution in [0.4, 0.5) is 5.69 Å². The van der Waals surface area contributed by atoms with Crippen molar-refractivity contribution in [3.05, 3.63) is 18.2 Å². The fourth-order valence-electron chi connectivity index (χ4n) is 2.56. The Kier molecular flexibility index (Phi) is 7.45. The fourth-order valence-corrected chi connectivity index (χ4v) is 4.70. The summed E-state index contributed by atoms with van der Waals surface area (Å²) >= 11 is 3.31. The molecule has 2 N–H and O–H groups in total. The van der Waals surface area contributed by atoms with E-state index in [2.05, 4.69) is 15.5 Å². The van der Waals surface area contributed by atoms with Gasteiger partial charge in [0.2, 0.25) is 5.91 Å². The van der Waals surface area contributed by atoms with E-state index in [0.29, 0.717) is 12.1 Å². The van der Waals surface area contributed by atoms with E-state index >= 15 is 0 Å². The maximum absolute atomic E-state index is 12.0. The predicted octanol–water partition coefficient (Wildman–Crippen LogP) is 4.11. The molecular weight excluding hydrogens is 386 g/mol. The van der Waals surface area contributed by atoms with Gasteiger partial charge in [-0.05, 0) is 38.0 Å². The number of thioether (sulfide) groups is 1. The number of oxime groups is 1. The molecule has 0 atom stereocenters. The number of ether oxygens (including phenoxy) is 2. The molecule has 0 unspecified atom stereocenters. The smallest absolute Gasteiger partial charge is 0.224 e. The molecular formula is C18H23N3O4S2. The van der Waals surface area contributed by atoms with Gasteiger partial charge in [0.25, 0.3) is 0 Å². The first-order valence-electron chi connectivity index (χ1n) is 8.88. The predicted molar refractivity (Wildman–Crippen MR) is 108 cm³/mol. The van der Waals surface area contributed by atoms with Crippen molar-refractivity contribution in [2.45, 2.75) is 43.2 Å². The molecule has 3 rings (SSSR count). The monoisotopic (exact) mass is 409 g/mol. The van der Waals surface area contributed by atoms with E-state index in [4.69, 9.17) is 14.7 Å². The molecule has 0 spiro atoms. The van der Waals surface area contributed by atoms with Crippen molar-refractivity contribution in [1.29, 1.82) is 0 Å². The molecule has 1 aromatic heterocycles. The average Bonchev–Trinajstić information content (AvgIpc) is 3.09. The number of nitrogens with zero attached hydrogens (tertiary/aromatic N) is 2. The average molecular weight is 410 g/mol. The minimum Gasteiger partial charge on any atom is -0.411 e. The van der Waals surface area contributed by atoms with Crippen molar-refractivity contribution < 1.29 is 19.5 Å². The van der Waals surface area contributed by atoms with Gasteiger partial charge in [-0.25, -0.2) is 4.98 Å². The molecule has 27 heavy (non-hydrogen) atoms. The third kappa shape index (κ3) is 6.17. The highest BCUT2D eigenvalue weighted by molar-refractivity contribution is 8.01. The first-order chi connectivity index (χ1) is 13.1. The Hall–Kier alpha value is -1.68. The topological polar surface area (TPSA) is 93.0 Å². The molecule has 0 bridgehead atoms. The van der Waals surface area contributed by atoms with Gasteiger partial charge in [-0.3, -0.25) is 4.79 Å². The quantitative estimate of drug-likeness (QED) is 0.295. The number of amides is 1. The zero-order chi connectivity index (χ0) is 19.1. The van der Waals surface area contributed by atoms with E-state index in [1.54, 1.807) is 30.0 Å². The van der Waals surface area contributed by atoms with Gasteiger partial charge in [-0.2, -0.15) is 0 Å². The minimum atomic E-state index is -0.107. The molecule has 1 aliphatic rings. The summed E-state index contributed by atoms with van der Waals surface area (Å²) in [6.45, 7) is 3.23. The van der Waals surface area contributed by atoms with Crippen LogP contribution in [0.3, 0.4) is 0 Å². The van der Waals surface area contributed by atoms with Crippen molar-refractivity contribution in [3.63, 3.8) is 0 Å². The Balaban J connectivity index is 1.52. The molecule has 1 aromatic carbocycles. The van der Waals surface area contributed by atoms with E-state index in [0.717, 1.165) is 52.1 Å². The minimum absolute atomic E-state index is 0.0954. The van der Waals surface area contributed by atoms with Crippen LogP contribution in [0.15, 0.2) is 27.7 Å². The van der Waals surface area contributed by atoms with Gasteiger partial charge in [0.1, 0.15) is 0 Å². The summed E-state index contributed by atoms with van der Waals surface area (Å²) in [7, 11) is 0. The number of nitrogens with one attached hydrogen (secondary N) is 1. The maximum atomic E-state index is 12.0. The molecule has 0 radical (unpaired) electrons. The zero-order valence-electron chi connectivity index (χ0n) is 15.1. The molecule has 1 amide bonds. The van der Waals surface area contributed by atoms with Crippen molar-refractivity contribution in [3.8, 4) is 0 Å². The lowest BCUT2D eigenvalue weighted by Crippen LogP contribution is -2.25. The van der Waals surface area contributed by atoms with Gasteiger partial charge in [-0.15, -0.1) is 11.3 Å². The van der Waals surface area contributed by atoms with Gasteiger partial charge in [0.05, 0.1) is 29.1 Å². The van der Waals surface area contributed by atoms with Gasteiger partial charge < -0.3 is 20.0 Å². The van der Waals surface area contributed by atoms with Gasteiger partial charge in [0.15, 0.2) is 10.6 Å². The van der Waals surface area contributed by atoms with E-state index in [-0.39, 0.29) is 18.6 Å². The summed E-state index contributed by atoms with van der Waals surface area (Å²) in [6, 6.07) is 5.71. The van der Waals surface area contributed by atoms with Crippen LogP contribution in [0.2, 0.25) is 0 Å². The van der Waals surface area contributed by atoms with Crippen LogP contribution in [0.25, 0.3) is 10.2 Å². The second kappa shape index (κ2) is 10.0. The number of rotatable bonds is 8. The van der Waals surface area contributed by atoms with Gasteiger partial charge in [-0.1, -0.05) is 16.9 Å². The highest BCUT2D eigenvalue weighted by atomic mass is 32.2. The SMILES string of the molecule is CC(CCC(=O)Nc1ccc2nc(SCCC3OCCCO3)sc2c1)=NO. The lowest BCUT2D eigenvalue weighted by Gasteiger charge is -2.22. The summed E-state index contributed by atoms with van der Waals surface area (Å²) in [5.41, 5.74) is 2.21. The molecule has 1 saturated heterocycles. The molecule has 1 aliphatic heterocycles. The number of thiazole rings is 1. The van der Waals surface area contributed by atoms with Crippen LogP contribution < -0.4 is 5.32 Å². The molecule has 146 valence electrons. The Morgan fingerprint density at radius 3 is 3.00 bits per heavy atom. The van der Waals surface area contributed by atoms with E-state index in [1.165, 1.54) is 0 Å². The van der Waals surface area contributed by atoms with Crippen molar-refractivity contribution in [1.82, 2.24) is 4.98 Å². The molecule has 2 aromatic rings. The van der Waals surface area contributed by atoms with E-state index in [1.807, 2.05) is 18.2 Å². The fraction of sp³-hybridized carbons (Fsp3) is 0.500. The number of anilines is 1. The van der Waals surface area contributed by atoms with Crippen LogP contribution in [-0.2, 0) is 14.3 Å². The van der Waals surface area contributed by atoms with E-state index < -0.39 is 0 Å². The van der Waals surface area contributed by atoms with Crippen LogP contribution >= 0.6 is 23.1 Å². The largest absolute Gasteiger partial charge is 0.411 e. The highest BCUT2D eigenvalue weighted by Crippen LogP contribution is 2.32. The normalized spacial score (nSPS) is 16.0. The summed E-state index contributed by atoms with van der Waals surface area (Å²) in [5, 5.41) is 14.6. The van der Waals surface area contributed by atoms with Crippen molar-refractivity contribution >= 4 is 50.6 Å². The summed E-state index contributed by atoms with van der Waals surface area (Å²) in [6.07, 6.45) is 2.43. The summed E-state index contributed by atoms with van der Waals surface area (Å²) in [4.78, 5) is 16.6. The zero-order valence-corrected chi connectivity index (χ0v) is 16.8. The number of aromatic nitrogens is 1. The number of hydrogen-bond donors (Lipinski definition) is 2. The Morgan fingerprint density at radius 2 is 2.22 bits per heavy atom. The number of carbonyl (C=O) groups is 1. The third-order valence-corrected chi connectivity index (χ3v) is 6.21.